The molecule has 0 radical (unpaired) electrons. The van der Waals surface area contributed by atoms with E-state index in [1.165, 1.54) is 12.8 Å². The van der Waals surface area contributed by atoms with Gasteiger partial charge in [-0.1, -0.05) is 11.8 Å². The number of benzene rings is 2. The molecule has 1 aliphatic carbocycles. The zero-order valence-electron chi connectivity index (χ0n) is 19.0. The van der Waals surface area contributed by atoms with E-state index >= 15 is 0 Å². The van der Waals surface area contributed by atoms with Crippen LogP contribution in [0.15, 0.2) is 42.7 Å². The van der Waals surface area contributed by atoms with E-state index < -0.39 is 5.60 Å². The molecular formula is C27H30N4O2. The number of piperidine rings is 1. The molecule has 170 valence electrons. The maximum Gasteiger partial charge on any atom is 0.141 e. The highest BCUT2D eigenvalue weighted by molar-refractivity contribution is 5.91. The maximum absolute atomic E-state index is 10.6. The first-order valence-corrected chi connectivity index (χ1v) is 11.8. The fourth-order valence-electron chi connectivity index (χ4n) is 4.60. The van der Waals surface area contributed by atoms with Crippen LogP contribution in [0.2, 0.25) is 0 Å². The molecule has 1 aromatic heterocycles. The van der Waals surface area contributed by atoms with Gasteiger partial charge in [0.1, 0.15) is 23.5 Å². The van der Waals surface area contributed by atoms with Crippen LogP contribution in [0, 0.1) is 18.8 Å². The minimum absolute atomic E-state index is 0.343. The van der Waals surface area contributed by atoms with Crippen LogP contribution >= 0.6 is 0 Å². The third kappa shape index (κ3) is 5.11. The molecule has 1 saturated carbocycles. The molecule has 1 atom stereocenters. The summed E-state index contributed by atoms with van der Waals surface area (Å²) < 4.78 is 6.19. The Morgan fingerprint density at radius 3 is 2.79 bits per heavy atom. The van der Waals surface area contributed by atoms with Crippen molar-refractivity contribution in [1.29, 1.82) is 0 Å². The largest absolute Gasteiger partial charge is 0.490 e. The predicted octanol–water partition coefficient (Wildman–Crippen LogP) is 4.47. The smallest absolute Gasteiger partial charge is 0.141 e. The number of aryl methyl sites for hydroxylation is 1. The highest BCUT2D eigenvalue weighted by Crippen LogP contribution is 2.30. The quantitative estimate of drug-likeness (QED) is 0.518. The van der Waals surface area contributed by atoms with Gasteiger partial charge in [0.25, 0.3) is 0 Å². The molecule has 6 heteroatoms. The van der Waals surface area contributed by atoms with Gasteiger partial charge in [0.05, 0.1) is 11.6 Å². The molecule has 3 N–H and O–H groups in total. The standard InChI is InChI=1S/C27H30N4O2/c1-19-15-21(8-10-25(19)33-22-5-2-3-6-22)31-26-23-16-20(7-9-24(23)29-18-30-26)11-13-27(32)12-4-14-28-17-27/h7-10,15-16,18,22,28,32H,2-6,12,14,17H2,1H3,(H,29,30,31). The lowest BCUT2D eigenvalue weighted by Gasteiger charge is -2.27. The minimum Gasteiger partial charge on any atom is -0.490 e. The van der Waals surface area contributed by atoms with E-state index in [1.807, 2.05) is 30.3 Å². The summed E-state index contributed by atoms with van der Waals surface area (Å²) in [6.07, 6.45) is 8.33. The molecule has 2 aliphatic rings. The number of hydrogen-bond donors (Lipinski definition) is 3. The van der Waals surface area contributed by atoms with Gasteiger partial charge in [0.15, 0.2) is 0 Å². The zero-order chi connectivity index (χ0) is 22.7. The number of aromatic nitrogens is 2. The molecule has 0 spiro atoms. The van der Waals surface area contributed by atoms with Crippen LogP contribution in [0.3, 0.4) is 0 Å². The van der Waals surface area contributed by atoms with E-state index in [1.54, 1.807) is 6.33 Å². The van der Waals surface area contributed by atoms with Crippen LogP contribution in [0.1, 0.15) is 49.7 Å². The van der Waals surface area contributed by atoms with Crippen LogP contribution < -0.4 is 15.4 Å². The van der Waals surface area contributed by atoms with Crippen LogP contribution in [-0.4, -0.2) is 39.9 Å². The lowest BCUT2D eigenvalue weighted by atomic mass is 9.94. The molecule has 1 unspecified atom stereocenters. The Balaban J connectivity index is 1.38. The highest BCUT2D eigenvalue weighted by Gasteiger charge is 2.26. The van der Waals surface area contributed by atoms with Crippen molar-refractivity contribution in [3.63, 3.8) is 0 Å². The Hall–Kier alpha value is -3.14. The van der Waals surface area contributed by atoms with Crippen molar-refractivity contribution in [1.82, 2.24) is 15.3 Å². The topological polar surface area (TPSA) is 79.3 Å². The molecule has 5 rings (SSSR count). The van der Waals surface area contributed by atoms with E-state index in [-0.39, 0.29) is 0 Å². The van der Waals surface area contributed by atoms with Crippen LogP contribution in [0.25, 0.3) is 10.9 Å². The summed E-state index contributed by atoms with van der Waals surface area (Å²) >= 11 is 0. The van der Waals surface area contributed by atoms with Gasteiger partial charge in [-0.2, -0.15) is 0 Å². The van der Waals surface area contributed by atoms with Crippen LogP contribution in [0.5, 0.6) is 5.75 Å². The van der Waals surface area contributed by atoms with Crippen molar-refractivity contribution in [3.05, 3.63) is 53.9 Å². The lowest BCUT2D eigenvalue weighted by Crippen LogP contribution is -2.44. The second-order valence-corrected chi connectivity index (χ2v) is 9.15. The monoisotopic (exact) mass is 442 g/mol. The number of nitrogens with one attached hydrogen (secondary N) is 2. The van der Waals surface area contributed by atoms with Gasteiger partial charge in [-0.15, -0.1) is 0 Å². The molecule has 6 nitrogen and oxygen atoms in total. The fourth-order valence-corrected chi connectivity index (χ4v) is 4.60. The Bertz CT molecular complexity index is 1200. The maximum atomic E-state index is 10.6. The summed E-state index contributed by atoms with van der Waals surface area (Å²) in [4.78, 5) is 8.88. The van der Waals surface area contributed by atoms with Crippen molar-refractivity contribution < 1.29 is 9.84 Å². The van der Waals surface area contributed by atoms with Gasteiger partial charge in [0.2, 0.25) is 0 Å². The SMILES string of the molecule is Cc1cc(Nc2ncnc3ccc(C#CC4(O)CCCNC4)cc23)ccc1OC1CCCC1. The molecule has 0 amide bonds. The van der Waals surface area contributed by atoms with Crippen molar-refractivity contribution >= 4 is 22.4 Å². The van der Waals surface area contributed by atoms with Gasteiger partial charge in [0, 0.05) is 23.2 Å². The summed E-state index contributed by atoms with van der Waals surface area (Å²) in [5, 5.41) is 18.2. The summed E-state index contributed by atoms with van der Waals surface area (Å²) in [5.41, 5.74) is 2.75. The fraction of sp³-hybridized carbons (Fsp3) is 0.407. The molecular weight excluding hydrogens is 412 g/mol. The van der Waals surface area contributed by atoms with E-state index in [0.717, 1.165) is 65.1 Å². The number of hydrogen-bond acceptors (Lipinski definition) is 6. The molecule has 1 saturated heterocycles. The van der Waals surface area contributed by atoms with Crippen LogP contribution in [0.4, 0.5) is 11.5 Å². The first kappa shape index (κ1) is 21.7. The van der Waals surface area contributed by atoms with Crippen LogP contribution in [-0.2, 0) is 0 Å². The van der Waals surface area contributed by atoms with Gasteiger partial charge >= 0.3 is 0 Å². The van der Waals surface area contributed by atoms with E-state index in [9.17, 15) is 5.11 Å². The second kappa shape index (κ2) is 9.38. The minimum atomic E-state index is -0.971. The molecule has 33 heavy (non-hydrogen) atoms. The van der Waals surface area contributed by atoms with E-state index in [2.05, 4.69) is 45.4 Å². The Labute approximate surface area is 194 Å². The number of aliphatic hydroxyl groups is 1. The molecule has 3 aromatic rings. The second-order valence-electron chi connectivity index (χ2n) is 9.15. The zero-order valence-corrected chi connectivity index (χ0v) is 19.0. The van der Waals surface area contributed by atoms with Gasteiger partial charge in [-0.05, 0) is 94.0 Å². The van der Waals surface area contributed by atoms with E-state index in [0.29, 0.717) is 19.1 Å². The average Bonchev–Trinajstić information content (AvgIpc) is 3.34. The molecule has 2 heterocycles. The van der Waals surface area contributed by atoms with Crippen molar-refractivity contribution in [2.75, 3.05) is 18.4 Å². The normalized spacial score (nSPS) is 20.9. The summed E-state index contributed by atoms with van der Waals surface area (Å²) in [6.45, 7) is 3.51. The Kier molecular flexibility index (Phi) is 6.17. The summed E-state index contributed by atoms with van der Waals surface area (Å²) in [7, 11) is 0. The average molecular weight is 443 g/mol. The third-order valence-corrected chi connectivity index (χ3v) is 6.47. The Morgan fingerprint density at radius 1 is 1.12 bits per heavy atom. The molecule has 0 bridgehead atoms. The van der Waals surface area contributed by atoms with E-state index in [4.69, 9.17) is 4.74 Å². The number of anilines is 2. The predicted molar refractivity (Wildman–Crippen MR) is 131 cm³/mol. The number of fused-ring (bicyclic) bond motifs is 1. The first-order valence-electron chi connectivity index (χ1n) is 11.8. The third-order valence-electron chi connectivity index (χ3n) is 6.47. The molecule has 2 fully saturated rings. The van der Waals surface area contributed by atoms with Gasteiger partial charge in [-0.25, -0.2) is 9.97 Å². The van der Waals surface area contributed by atoms with Crippen molar-refractivity contribution in [3.8, 4) is 17.6 Å². The van der Waals surface area contributed by atoms with Gasteiger partial charge < -0.3 is 20.5 Å². The van der Waals surface area contributed by atoms with Gasteiger partial charge in [-0.3, -0.25) is 0 Å². The summed E-state index contributed by atoms with van der Waals surface area (Å²) in [5.74, 6) is 7.89. The number of nitrogens with zero attached hydrogens (tertiary/aromatic N) is 2. The molecule has 1 aliphatic heterocycles. The molecule has 2 aromatic carbocycles. The van der Waals surface area contributed by atoms with Crippen molar-refractivity contribution in [2.24, 2.45) is 0 Å². The summed E-state index contributed by atoms with van der Waals surface area (Å²) in [6, 6.07) is 12.0. The van der Waals surface area contributed by atoms with Crippen molar-refractivity contribution in [2.45, 2.75) is 57.2 Å². The number of ether oxygens (including phenoxy) is 1. The number of rotatable bonds is 4. The lowest BCUT2D eigenvalue weighted by molar-refractivity contribution is 0.0736. The number of β-amino-alcohol motifs (C(OH)–C–C–N with tert-alkyl or cyclic N) is 1. The highest BCUT2D eigenvalue weighted by atomic mass is 16.5. The Morgan fingerprint density at radius 2 is 2.00 bits per heavy atom. The first-order chi connectivity index (χ1) is 16.1.